The van der Waals surface area contributed by atoms with E-state index in [1.54, 1.807) is 18.2 Å². The Hall–Kier alpha value is -3.76. The Morgan fingerprint density at radius 2 is 1.47 bits per heavy atom. The summed E-state index contributed by atoms with van der Waals surface area (Å²) in [5, 5.41) is 4.05. The molecule has 3 aromatic carbocycles. The lowest BCUT2D eigenvalue weighted by Gasteiger charge is -2.12. The zero-order chi connectivity index (χ0) is 23.3. The smallest absolute Gasteiger partial charge is 0.270 e. The van der Waals surface area contributed by atoms with Crippen LogP contribution in [-0.4, -0.2) is 51.1 Å². The molecule has 0 bridgehead atoms. The lowest BCUT2D eigenvalue weighted by atomic mass is 10.0. The lowest BCUT2D eigenvalue weighted by Crippen LogP contribution is -2.46. The molecule has 0 aliphatic carbocycles. The van der Waals surface area contributed by atoms with Gasteiger partial charge in [-0.05, 0) is 41.1 Å². The summed E-state index contributed by atoms with van der Waals surface area (Å²) in [5.41, 5.74) is 5.18. The summed E-state index contributed by atoms with van der Waals surface area (Å²) in [6, 6.07) is 18.0. The molecule has 0 heterocycles. The van der Waals surface area contributed by atoms with Crippen LogP contribution < -0.4 is 16.2 Å². The number of benzene rings is 3. The maximum absolute atomic E-state index is 12.4. The summed E-state index contributed by atoms with van der Waals surface area (Å²) in [7, 11) is -0.779. The minimum Gasteiger partial charge on any atom is -0.343 e. The Labute approximate surface area is 185 Å². The predicted molar refractivity (Wildman–Crippen MR) is 119 cm³/mol. The number of amides is 3. The van der Waals surface area contributed by atoms with Gasteiger partial charge in [0.05, 0.1) is 11.4 Å². The van der Waals surface area contributed by atoms with Gasteiger partial charge in [0.25, 0.3) is 17.7 Å². The molecule has 10 heteroatoms. The van der Waals surface area contributed by atoms with Gasteiger partial charge in [0.1, 0.15) is 0 Å². The molecule has 0 aromatic heterocycles. The number of nitrogens with one attached hydrogen (secondary N) is 3. The van der Waals surface area contributed by atoms with Gasteiger partial charge >= 0.3 is 0 Å². The molecule has 3 aromatic rings. The SMILES string of the molecule is CN(C)S(=O)(=O)c1ccc(C(=O)NCC(=O)NNC(=O)c2cccc3ccccc23)cc1. The van der Waals surface area contributed by atoms with Crippen LogP contribution in [0.1, 0.15) is 20.7 Å². The van der Waals surface area contributed by atoms with Crippen LogP contribution in [0, 0.1) is 0 Å². The zero-order valence-corrected chi connectivity index (χ0v) is 18.3. The Bertz CT molecular complexity index is 1270. The highest BCUT2D eigenvalue weighted by atomic mass is 32.2. The molecule has 9 nitrogen and oxygen atoms in total. The fraction of sp³-hybridized carbons (Fsp3) is 0.136. The van der Waals surface area contributed by atoms with Gasteiger partial charge in [-0.25, -0.2) is 12.7 Å². The van der Waals surface area contributed by atoms with Crippen molar-refractivity contribution in [2.75, 3.05) is 20.6 Å². The molecule has 32 heavy (non-hydrogen) atoms. The van der Waals surface area contributed by atoms with Crippen molar-refractivity contribution in [1.82, 2.24) is 20.5 Å². The first-order valence-electron chi connectivity index (χ1n) is 9.58. The van der Waals surface area contributed by atoms with Crippen molar-refractivity contribution in [3.8, 4) is 0 Å². The van der Waals surface area contributed by atoms with Crippen LogP contribution in [0.2, 0.25) is 0 Å². The van der Waals surface area contributed by atoms with E-state index in [0.29, 0.717) is 5.56 Å². The number of carbonyl (C=O) groups excluding carboxylic acids is 3. The van der Waals surface area contributed by atoms with Crippen molar-refractivity contribution in [3.05, 3.63) is 77.9 Å². The largest absolute Gasteiger partial charge is 0.343 e. The molecule has 0 radical (unpaired) electrons. The highest BCUT2D eigenvalue weighted by Crippen LogP contribution is 2.18. The molecule has 0 unspecified atom stereocenters. The van der Waals surface area contributed by atoms with Crippen LogP contribution >= 0.6 is 0 Å². The average Bonchev–Trinajstić information content (AvgIpc) is 2.80. The molecule has 0 aliphatic heterocycles. The first-order chi connectivity index (χ1) is 15.2. The standard InChI is InChI=1S/C22H22N4O5S/c1-26(2)32(30,31)17-12-10-16(11-13-17)21(28)23-14-20(27)24-25-22(29)19-9-5-7-15-6-3-4-8-18(15)19/h3-13H,14H2,1-2H3,(H,23,28)(H,24,27)(H,25,29). The number of fused-ring (bicyclic) bond motifs is 1. The van der Waals surface area contributed by atoms with E-state index in [9.17, 15) is 22.8 Å². The van der Waals surface area contributed by atoms with Crippen LogP contribution in [-0.2, 0) is 14.8 Å². The number of sulfonamides is 1. The van der Waals surface area contributed by atoms with E-state index >= 15 is 0 Å². The van der Waals surface area contributed by atoms with Gasteiger partial charge in [0.15, 0.2) is 0 Å². The van der Waals surface area contributed by atoms with Crippen molar-refractivity contribution in [1.29, 1.82) is 0 Å². The monoisotopic (exact) mass is 454 g/mol. The summed E-state index contributed by atoms with van der Waals surface area (Å²) in [5.74, 6) is -1.67. The van der Waals surface area contributed by atoms with Crippen LogP contribution in [0.15, 0.2) is 71.6 Å². The third-order valence-corrected chi connectivity index (χ3v) is 6.48. The molecule has 3 rings (SSSR count). The van der Waals surface area contributed by atoms with Gasteiger partial charge in [0.2, 0.25) is 10.0 Å². The van der Waals surface area contributed by atoms with Crippen molar-refractivity contribution in [2.45, 2.75) is 4.90 Å². The highest BCUT2D eigenvalue weighted by Gasteiger charge is 2.18. The maximum atomic E-state index is 12.4. The minimum atomic E-state index is -3.60. The van der Waals surface area contributed by atoms with Gasteiger partial charge in [-0.3, -0.25) is 25.2 Å². The maximum Gasteiger partial charge on any atom is 0.270 e. The van der Waals surface area contributed by atoms with Crippen molar-refractivity contribution in [3.63, 3.8) is 0 Å². The first-order valence-corrected chi connectivity index (χ1v) is 11.0. The molecule has 3 N–H and O–H groups in total. The molecule has 0 atom stereocenters. The average molecular weight is 455 g/mol. The van der Waals surface area contributed by atoms with E-state index in [4.69, 9.17) is 0 Å². The fourth-order valence-electron chi connectivity index (χ4n) is 2.91. The topological polar surface area (TPSA) is 125 Å². The Morgan fingerprint density at radius 1 is 0.812 bits per heavy atom. The molecule has 0 saturated heterocycles. The molecule has 166 valence electrons. The molecule has 0 aliphatic rings. The van der Waals surface area contributed by atoms with Gasteiger partial charge in [-0.15, -0.1) is 0 Å². The Kier molecular flexibility index (Phi) is 6.86. The van der Waals surface area contributed by atoms with Gasteiger partial charge < -0.3 is 5.32 Å². The second-order valence-electron chi connectivity index (χ2n) is 7.02. The summed E-state index contributed by atoms with van der Waals surface area (Å²) >= 11 is 0. The van der Waals surface area contributed by atoms with Crippen molar-refractivity contribution >= 4 is 38.5 Å². The third-order valence-electron chi connectivity index (χ3n) is 4.65. The van der Waals surface area contributed by atoms with E-state index in [1.807, 2.05) is 24.3 Å². The number of hydrogen-bond acceptors (Lipinski definition) is 5. The fourth-order valence-corrected chi connectivity index (χ4v) is 3.81. The number of rotatable bonds is 6. The number of hydrazine groups is 1. The van der Waals surface area contributed by atoms with Crippen LogP contribution in [0.4, 0.5) is 0 Å². The van der Waals surface area contributed by atoms with Crippen molar-refractivity contribution < 1.29 is 22.8 Å². The summed E-state index contributed by atoms with van der Waals surface area (Å²) in [4.78, 5) is 36.7. The summed E-state index contributed by atoms with van der Waals surface area (Å²) < 4.78 is 25.2. The molecule has 0 saturated carbocycles. The number of hydrogen-bond donors (Lipinski definition) is 3. The van der Waals surface area contributed by atoms with E-state index in [-0.39, 0.29) is 17.0 Å². The number of nitrogens with zero attached hydrogens (tertiary/aromatic N) is 1. The molecular weight excluding hydrogens is 432 g/mol. The number of carbonyl (C=O) groups is 3. The van der Waals surface area contributed by atoms with Crippen LogP contribution in [0.25, 0.3) is 10.8 Å². The van der Waals surface area contributed by atoms with Gasteiger partial charge in [-0.2, -0.15) is 0 Å². The molecule has 0 spiro atoms. The molecular formula is C22H22N4O5S. The third kappa shape index (κ3) is 5.10. The Balaban J connectivity index is 1.53. The highest BCUT2D eigenvalue weighted by molar-refractivity contribution is 7.89. The Morgan fingerprint density at radius 3 is 2.16 bits per heavy atom. The summed E-state index contributed by atoms with van der Waals surface area (Å²) in [6.45, 7) is -0.383. The second kappa shape index (κ2) is 9.58. The molecule has 3 amide bonds. The van der Waals surface area contributed by atoms with Crippen LogP contribution in [0.3, 0.4) is 0 Å². The zero-order valence-electron chi connectivity index (χ0n) is 17.5. The molecule has 0 fully saturated rings. The second-order valence-corrected chi connectivity index (χ2v) is 9.18. The predicted octanol–water partition coefficient (Wildman–Crippen LogP) is 1.28. The van der Waals surface area contributed by atoms with Gasteiger partial charge in [-0.1, -0.05) is 36.4 Å². The van der Waals surface area contributed by atoms with E-state index in [2.05, 4.69) is 16.2 Å². The van der Waals surface area contributed by atoms with Crippen molar-refractivity contribution in [2.24, 2.45) is 0 Å². The van der Waals surface area contributed by atoms with Crippen LogP contribution in [0.5, 0.6) is 0 Å². The minimum absolute atomic E-state index is 0.0490. The van der Waals surface area contributed by atoms with E-state index in [1.165, 1.54) is 38.4 Å². The summed E-state index contributed by atoms with van der Waals surface area (Å²) in [6.07, 6.45) is 0. The first kappa shape index (κ1) is 22.9. The van der Waals surface area contributed by atoms with E-state index < -0.39 is 27.7 Å². The quantitative estimate of drug-likeness (QED) is 0.484. The van der Waals surface area contributed by atoms with E-state index in [0.717, 1.165) is 15.1 Å². The normalized spacial score (nSPS) is 11.2. The van der Waals surface area contributed by atoms with Gasteiger partial charge in [0, 0.05) is 25.2 Å². The lowest BCUT2D eigenvalue weighted by molar-refractivity contribution is -0.120.